The summed E-state index contributed by atoms with van der Waals surface area (Å²) in [5.74, 6) is -0.599. The van der Waals surface area contributed by atoms with Crippen LogP contribution in [0.4, 0.5) is 23.2 Å². The van der Waals surface area contributed by atoms with Gasteiger partial charge < -0.3 is 4.84 Å². The fraction of sp³-hybridized carbons (Fsp3) is 0.0769. The molecule has 2 nitrogen and oxygen atoms in total. The van der Waals surface area contributed by atoms with E-state index in [0.29, 0.717) is 0 Å². The third-order valence-electron chi connectivity index (χ3n) is 2.40. The highest BCUT2D eigenvalue weighted by atomic mass is 35.5. The molecule has 0 atom stereocenters. The zero-order valence-electron chi connectivity index (χ0n) is 9.84. The van der Waals surface area contributed by atoms with Crippen molar-refractivity contribution in [2.24, 2.45) is 0 Å². The summed E-state index contributed by atoms with van der Waals surface area (Å²) in [4.78, 5) is 4.98. The molecule has 0 radical (unpaired) electrons. The summed E-state index contributed by atoms with van der Waals surface area (Å²) in [6, 6.07) is 8.30. The molecule has 0 aliphatic carbocycles. The lowest BCUT2D eigenvalue weighted by Gasteiger charge is -2.12. The van der Waals surface area contributed by atoms with Crippen LogP contribution in [0, 0.1) is 5.82 Å². The van der Waals surface area contributed by atoms with Gasteiger partial charge >= 0.3 is 6.18 Å². The van der Waals surface area contributed by atoms with Crippen LogP contribution in [0.5, 0.6) is 5.75 Å². The van der Waals surface area contributed by atoms with E-state index in [-0.39, 0.29) is 16.5 Å². The zero-order chi connectivity index (χ0) is 14.8. The Morgan fingerprint density at radius 1 is 1.05 bits per heavy atom. The van der Waals surface area contributed by atoms with Crippen molar-refractivity contribution in [1.82, 2.24) is 0 Å². The number of hydrogen-bond acceptors (Lipinski definition) is 2. The molecule has 20 heavy (non-hydrogen) atoms. The van der Waals surface area contributed by atoms with Crippen molar-refractivity contribution in [3.05, 3.63) is 58.9 Å². The van der Waals surface area contributed by atoms with E-state index >= 15 is 0 Å². The van der Waals surface area contributed by atoms with Gasteiger partial charge in [-0.1, -0.05) is 23.7 Å². The second-order valence-electron chi connectivity index (χ2n) is 3.83. The van der Waals surface area contributed by atoms with E-state index < -0.39 is 17.6 Å². The van der Waals surface area contributed by atoms with Gasteiger partial charge in [0, 0.05) is 0 Å². The molecule has 0 fully saturated rings. The van der Waals surface area contributed by atoms with E-state index in [1.54, 1.807) is 6.07 Å². The van der Waals surface area contributed by atoms with Crippen LogP contribution in [0.3, 0.4) is 0 Å². The average molecular weight is 306 g/mol. The van der Waals surface area contributed by atoms with Crippen molar-refractivity contribution in [2.75, 3.05) is 5.48 Å². The molecule has 2 aromatic rings. The SMILES string of the molecule is Fc1ccccc1NOc1ccc(C(F)(F)F)cc1Cl. The topological polar surface area (TPSA) is 21.3 Å². The molecule has 0 unspecified atom stereocenters. The second kappa shape index (κ2) is 5.58. The van der Waals surface area contributed by atoms with Crippen LogP contribution in [0.1, 0.15) is 5.56 Å². The Kier molecular flexibility index (Phi) is 4.04. The summed E-state index contributed by atoms with van der Waals surface area (Å²) in [5, 5.41) is -0.233. The third-order valence-corrected chi connectivity index (χ3v) is 2.70. The normalized spacial score (nSPS) is 11.2. The van der Waals surface area contributed by atoms with Gasteiger partial charge in [-0.3, -0.25) is 0 Å². The number of halogens is 5. The van der Waals surface area contributed by atoms with Crippen molar-refractivity contribution in [1.29, 1.82) is 0 Å². The summed E-state index contributed by atoms with van der Waals surface area (Å²) in [6.07, 6.45) is -4.48. The van der Waals surface area contributed by atoms with Crippen molar-refractivity contribution in [3.63, 3.8) is 0 Å². The molecule has 0 bridgehead atoms. The van der Waals surface area contributed by atoms with Gasteiger partial charge in [-0.25, -0.2) is 9.87 Å². The van der Waals surface area contributed by atoms with E-state index in [1.165, 1.54) is 18.2 Å². The number of hydrogen-bond donors (Lipinski definition) is 1. The molecule has 0 spiro atoms. The van der Waals surface area contributed by atoms with Gasteiger partial charge in [-0.15, -0.1) is 0 Å². The van der Waals surface area contributed by atoms with Crippen LogP contribution in [-0.4, -0.2) is 0 Å². The molecule has 0 aliphatic heterocycles. The summed E-state index contributed by atoms with van der Waals surface area (Å²) < 4.78 is 50.6. The minimum atomic E-state index is -4.48. The predicted octanol–water partition coefficient (Wildman–Crippen LogP) is 4.90. The highest BCUT2D eigenvalue weighted by molar-refractivity contribution is 6.32. The maximum atomic E-state index is 13.3. The predicted molar refractivity (Wildman–Crippen MR) is 67.1 cm³/mol. The number of benzene rings is 2. The first-order valence-electron chi connectivity index (χ1n) is 5.42. The Bertz CT molecular complexity index is 616. The van der Waals surface area contributed by atoms with Crippen LogP contribution < -0.4 is 10.3 Å². The maximum Gasteiger partial charge on any atom is 0.416 e. The molecular weight excluding hydrogens is 298 g/mol. The first-order chi connectivity index (χ1) is 9.38. The Morgan fingerprint density at radius 3 is 2.35 bits per heavy atom. The molecule has 2 rings (SSSR count). The van der Waals surface area contributed by atoms with Gasteiger partial charge in [0.25, 0.3) is 0 Å². The molecule has 0 amide bonds. The van der Waals surface area contributed by atoms with Crippen molar-refractivity contribution in [2.45, 2.75) is 6.18 Å². The number of alkyl halides is 3. The lowest BCUT2D eigenvalue weighted by atomic mass is 10.2. The first kappa shape index (κ1) is 14.5. The summed E-state index contributed by atoms with van der Waals surface area (Å²) in [7, 11) is 0. The highest BCUT2D eigenvalue weighted by Gasteiger charge is 2.31. The quantitative estimate of drug-likeness (QED) is 0.643. The average Bonchev–Trinajstić information content (AvgIpc) is 2.38. The van der Waals surface area contributed by atoms with Gasteiger partial charge in [0.05, 0.1) is 10.6 Å². The molecule has 0 aromatic heterocycles. The summed E-state index contributed by atoms with van der Waals surface area (Å²) in [6.45, 7) is 0. The molecule has 0 saturated heterocycles. The Labute approximate surface area is 116 Å². The lowest BCUT2D eigenvalue weighted by molar-refractivity contribution is -0.137. The molecule has 1 N–H and O–H groups in total. The molecule has 7 heteroatoms. The summed E-state index contributed by atoms with van der Waals surface area (Å²) in [5.41, 5.74) is 1.44. The first-order valence-corrected chi connectivity index (χ1v) is 5.80. The minimum absolute atomic E-state index is 0.0390. The maximum absolute atomic E-state index is 13.3. The standard InChI is InChI=1S/C13H8ClF4NO/c14-9-7-8(13(16,17)18)5-6-12(9)20-19-11-4-2-1-3-10(11)15/h1-7,19H. The molecular formula is C13H8ClF4NO. The van der Waals surface area contributed by atoms with Gasteiger partial charge in [0.2, 0.25) is 0 Å². The van der Waals surface area contributed by atoms with Crippen LogP contribution in [0.25, 0.3) is 0 Å². The minimum Gasteiger partial charge on any atom is -0.380 e. The number of rotatable bonds is 3. The van der Waals surface area contributed by atoms with Crippen molar-refractivity contribution >= 4 is 17.3 Å². The smallest absolute Gasteiger partial charge is 0.380 e. The van der Waals surface area contributed by atoms with E-state index in [1.807, 2.05) is 0 Å². The fourth-order valence-corrected chi connectivity index (χ4v) is 1.63. The molecule has 0 heterocycles. The van der Waals surface area contributed by atoms with Crippen LogP contribution in [-0.2, 0) is 6.18 Å². The molecule has 2 aromatic carbocycles. The third kappa shape index (κ3) is 3.33. The van der Waals surface area contributed by atoms with Crippen molar-refractivity contribution < 1.29 is 22.4 Å². The van der Waals surface area contributed by atoms with Crippen LogP contribution in [0.15, 0.2) is 42.5 Å². The summed E-state index contributed by atoms with van der Waals surface area (Å²) >= 11 is 5.68. The lowest BCUT2D eigenvalue weighted by Crippen LogP contribution is -2.08. The number of anilines is 1. The zero-order valence-corrected chi connectivity index (χ0v) is 10.6. The number of nitrogens with one attached hydrogen (secondary N) is 1. The van der Waals surface area contributed by atoms with E-state index in [4.69, 9.17) is 16.4 Å². The fourth-order valence-electron chi connectivity index (χ4n) is 1.41. The monoisotopic (exact) mass is 305 g/mol. The van der Waals surface area contributed by atoms with Crippen LogP contribution >= 0.6 is 11.6 Å². The van der Waals surface area contributed by atoms with E-state index in [2.05, 4.69) is 5.48 Å². The molecule has 0 aliphatic rings. The van der Waals surface area contributed by atoms with Gasteiger partial charge in [0.1, 0.15) is 11.5 Å². The Morgan fingerprint density at radius 2 is 1.75 bits per heavy atom. The number of para-hydroxylation sites is 1. The molecule has 106 valence electrons. The van der Waals surface area contributed by atoms with Crippen molar-refractivity contribution in [3.8, 4) is 5.75 Å². The largest absolute Gasteiger partial charge is 0.416 e. The van der Waals surface area contributed by atoms with Gasteiger partial charge in [0.15, 0.2) is 5.75 Å². The Hall–Kier alpha value is -1.95. The second-order valence-corrected chi connectivity index (χ2v) is 4.23. The van der Waals surface area contributed by atoms with E-state index in [9.17, 15) is 17.6 Å². The van der Waals surface area contributed by atoms with E-state index in [0.717, 1.165) is 18.2 Å². The van der Waals surface area contributed by atoms with Crippen LogP contribution in [0.2, 0.25) is 5.02 Å². The van der Waals surface area contributed by atoms with Gasteiger partial charge in [-0.05, 0) is 30.3 Å². The highest BCUT2D eigenvalue weighted by Crippen LogP contribution is 2.34. The van der Waals surface area contributed by atoms with Gasteiger partial charge in [-0.2, -0.15) is 13.2 Å². The Balaban J connectivity index is 2.13. The molecule has 0 saturated carbocycles.